The van der Waals surface area contributed by atoms with Gasteiger partial charge in [-0.2, -0.15) is 0 Å². The number of benzene rings is 2. The van der Waals surface area contributed by atoms with Gasteiger partial charge in [0.15, 0.2) is 0 Å². The lowest BCUT2D eigenvalue weighted by molar-refractivity contribution is 0.601. The number of fused-ring (bicyclic) bond motifs is 1. The van der Waals surface area contributed by atoms with E-state index in [-0.39, 0.29) is 15.8 Å². The number of H-pyrrole nitrogens is 2. The standard InChI is InChI=1S/C21H18N4O4S/c26-20-18-12-17(9-10-19(18)23-21(27)24-20)30(28,29)25-16-7-5-14(6-8-16)3-4-15-2-1-11-22-13-15/h1-2,5-13,25H,3-4H2,(H2,23,24,26,27). The van der Waals surface area contributed by atoms with E-state index in [1.54, 1.807) is 18.3 Å². The Kier molecular flexibility index (Phi) is 5.20. The lowest BCUT2D eigenvalue weighted by atomic mass is 10.1. The molecule has 152 valence electrons. The molecule has 0 amide bonds. The van der Waals surface area contributed by atoms with Crippen LogP contribution in [0, 0.1) is 0 Å². The van der Waals surface area contributed by atoms with Crippen LogP contribution >= 0.6 is 0 Å². The highest BCUT2D eigenvalue weighted by Crippen LogP contribution is 2.19. The van der Waals surface area contributed by atoms with E-state index >= 15 is 0 Å². The lowest BCUT2D eigenvalue weighted by Gasteiger charge is -2.10. The normalized spacial score (nSPS) is 11.5. The van der Waals surface area contributed by atoms with Crippen LogP contribution in [0.3, 0.4) is 0 Å². The molecule has 2 aromatic heterocycles. The van der Waals surface area contributed by atoms with Crippen molar-refractivity contribution in [3.05, 3.63) is 99.0 Å². The second kappa shape index (κ2) is 7.96. The van der Waals surface area contributed by atoms with Crippen molar-refractivity contribution in [1.29, 1.82) is 0 Å². The Balaban J connectivity index is 1.51. The summed E-state index contributed by atoms with van der Waals surface area (Å²) in [7, 11) is -3.90. The highest BCUT2D eigenvalue weighted by atomic mass is 32.2. The smallest absolute Gasteiger partial charge is 0.307 e. The van der Waals surface area contributed by atoms with Crippen LogP contribution in [0.15, 0.2) is 81.5 Å². The van der Waals surface area contributed by atoms with Crippen molar-refractivity contribution >= 4 is 26.6 Å². The first-order valence-electron chi connectivity index (χ1n) is 9.18. The predicted molar refractivity (Wildman–Crippen MR) is 114 cm³/mol. The number of rotatable bonds is 6. The Bertz CT molecular complexity index is 1410. The van der Waals surface area contributed by atoms with Crippen LogP contribution in [0.5, 0.6) is 0 Å². The molecule has 0 saturated carbocycles. The molecule has 3 N–H and O–H groups in total. The molecule has 0 radical (unpaired) electrons. The van der Waals surface area contributed by atoms with Crippen LogP contribution in [-0.2, 0) is 22.9 Å². The van der Waals surface area contributed by atoms with Gasteiger partial charge in [-0.25, -0.2) is 13.2 Å². The molecule has 0 spiro atoms. The van der Waals surface area contributed by atoms with E-state index < -0.39 is 21.3 Å². The zero-order chi connectivity index (χ0) is 21.1. The van der Waals surface area contributed by atoms with Crippen LogP contribution < -0.4 is 16.0 Å². The fourth-order valence-electron chi connectivity index (χ4n) is 3.10. The quantitative estimate of drug-likeness (QED) is 0.439. The third-order valence-corrected chi connectivity index (χ3v) is 6.03. The minimum absolute atomic E-state index is 0.0757. The van der Waals surface area contributed by atoms with Crippen LogP contribution in [-0.4, -0.2) is 23.4 Å². The summed E-state index contributed by atoms with van der Waals surface area (Å²) in [6, 6.07) is 15.0. The summed E-state index contributed by atoms with van der Waals surface area (Å²) in [6.07, 6.45) is 5.21. The van der Waals surface area contributed by atoms with Gasteiger partial charge in [0.05, 0.1) is 15.8 Å². The molecule has 0 aliphatic heterocycles. The van der Waals surface area contributed by atoms with Gasteiger partial charge in [0.25, 0.3) is 15.6 Å². The zero-order valence-electron chi connectivity index (χ0n) is 15.8. The highest BCUT2D eigenvalue weighted by molar-refractivity contribution is 7.92. The van der Waals surface area contributed by atoms with Gasteiger partial charge < -0.3 is 4.98 Å². The maximum absolute atomic E-state index is 12.7. The molecule has 30 heavy (non-hydrogen) atoms. The number of sulfonamides is 1. The predicted octanol–water partition coefficient (Wildman–Crippen LogP) is 2.20. The molecule has 0 aliphatic rings. The number of nitrogens with one attached hydrogen (secondary N) is 3. The minimum Gasteiger partial charge on any atom is -0.307 e. The Labute approximate surface area is 171 Å². The number of anilines is 1. The van der Waals surface area contributed by atoms with Gasteiger partial charge in [0.1, 0.15) is 0 Å². The van der Waals surface area contributed by atoms with E-state index in [1.807, 2.05) is 30.5 Å². The average Bonchev–Trinajstić information content (AvgIpc) is 2.73. The average molecular weight is 422 g/mol. The minimum atomic E-state index is -3.90. The van der Waals surface area contributed by atoms with Crippen molar-refractivity contribution in [3.63, 3.8) is 0 Å². The second-order valence-electron chi connectivity index (χ2n) is 6.78. The third kappa shape index (κ3) is 4.31. The Hall–Kier alpha value is -3.72. The largest absolute Gasteiger partial charge is 0.326 e. The topological polar surface area (TPSA) is 125 Å². The van der Waals surface area contributed by atoms with Crippen molar-refractivity contribution < 1.29 is 8.42 Å². The van der Waals surface area contributed by atoms with Crippen molar-refractivity contribution in [3.8, 4) is 0 Å². The van der Waals surface area contributed by atoms with Crippen molar-refractivity contribution in [2.45, 2.75) is 17.7 Å². The summed E-state index contributed by atoms with van der Waals surface area (Å²) in [5.41, 5.74) is 1.59. The van der Waals surface area contributed by atoms with E-state index in [4.69, 9.17) is 0 Å². The van der Waals surface area contributed by atoms with E-state index in [0.29, 0.717) is 5.69 Å². The van der Waals surface area contributed by atoms with E-state index in [9.17, 15) is 18.0 Å². The van der Waals surface area contributed by atoms with Gasteiger partial charge in [-0.3, -0.25) is 19.5 Å². The molecule has 0 bridgehead atoms. The molecule has 0 atom stereocenters. The first kappa shape index (κ1) is 19.6. The summed E-state index contributed by atoms with van der Waals surface area (Å²) in [6.45, 7) is 0. The fraction of sp³-hybridized carbons (Fsp3) is 0.0952. The molecule has 0 saturated heterocycles. The maximum Gasteiger partial charge on any atom is 0.326 e. The number of aryl methyl sites for hydroxylation is 2. The first-order chi connectivity index (χ1) is 14.4. The SMILES string of the molecule is O=c1[nH]c(=O)c2cc(S(=O)(=O)Nc3ccc(CCc4cccnc4)cc3)ccc2[nH]1. The number of pyridine rings is 1. The molecule has 4 rings (SSSR count). The molecule has 2 aromatic carbocycles. The monoisotopic (exact) mass is 422 g/mol. The fourth-order valence-corrected chi connectivity index (χ4v) is 4.18. The first-order valence-corrected chi connectivity index (χ1v) is 10.7. The van der Waals surface area contributed by atoms with Crippen LogP contribution in [0.2, 0.25) is 0 Å². The molecular formula is C21H18N4O4S. The molecule has 4 aromatic rings. The number of aromatic nitrogens is 3. The van der Waals surface area contributed by atoms with Crippen LogP contribution in [0.4, 0.5) is 5.69 Å². The molecular weight excluding hydrogens is 404 g/mol. The summed E-state index contributed by atoms with van der Waals surface area (Å²) in [4.78, 5) is 31.8. The molecule has 0 unspecified atom stereocenters. The summed E-state index contributed by atoms with van der Waals surface area (Å²) >= 11 is 0. The van der Waals surface area contributed by atoms with Gasteiger partial charge >= 0.3 is 5.69 Å². The van der Waals surface area contributed by atoms with E-state index in [2.05, 4.69) is 19.7 Å². The third-order valence-electron chi connectivity index (χ3n) is 4.65. The lowest BCUT2D eigenvalue weighted by Crippen LogP contribution is -2.22. The van der Waals surface area contributed by atoms with E-state index in [1.165, 1.54) is 18.2 Å². The molecule has 9 heteroatoms. The highest BCUT2D eigenvalue weighted by Gasteiger charge is 2.16. The van der Waals surface area contributed by atoms with E-state index in [0.717, 1.165) is 24.0 Å². The van der Waals surface area contributed by atoms with Gasteiger partial charge in [0, 0.05) is 18.1 Å². The molecule has 0 fully saturated rings. The van der Waals surface area contributed by atoms with Gasteiger partial charge in [-0.1, -0.05) is 18.2 Å². The van der Waals surface area contributed by atoms with Crippen molar-refractivity contribution in [1.82, 2.24) is 15.0 Å². The van der Waals surface area contributed by atoms with Gasteiger partial charge in [-0.05, 0) is 60.4 Å². The summed E-state index contributed by atoms with van der Waals surface area (Å²) < 4.78 is 27.9. The Morgan fingerprint density at radius 1 is 0.900 bits per heavy atom. The number of hydrogen-bond acceptors (Lipinski definition) is 5. The number of nitrogens with zero attached hydrogens (tertiary/aromatic N) is 1. The van der Waals surface area contributed by atoms with Crippen LogP contribution in [0.1, 0.15) is 11.1 Å². The maximum atomic E-state index is 12.7. The van der Waals surface area contributed by atoms with Crippen LogP contribution in [0.25, 0.3) is 10.9 Å². The number of hydrogen-bond donors (Lipinski definition) is 3. The second-order valence-corrected chi connectivity index (χ2v) is 8.46. The van der Waals surface area contributed by atoms with Crippen molar-refractivity contribution in [2.75, 3.05) is 4.72 Å². The number of aromatic amines is 2. The molecule has 0 aliphatic carbocycles. The van der Waals surface area contributed by atoms with Gasteiger partial charge in [0.2, 0.25) is 0 Å². The Morgan fingerprint density at radius 2 is 1.67 bits per heavy atom. The van der Waals surface area contributed by atoms with Crippen molar-refractivity contribution in [2.24, 2.45) is 0 Å². The Morgan fingerprint density at radius 3 is 2.40 bits per heavy atom. The molecule has 8 nitrogen and oxygen atoms in total. The molecule has 2 heterocycles. The summed E-state index contributed by atoms with van der Waals surface area (Å²) in [5, 5.41) is 0.0863. The zero-order valence-corrected chi connectivity index (χ0v) is 16.6. The van der Waals surface area contributed by atoms with Gasteiger partial charge in [-0.15, -0.1) is 0 Å². The summed E-state index contributed by atoms with van der Waals surface area (Å²) in [5.74, 6) is 0.